The van der Waals surface area contributed by atoms with E-state index in [2.05, 4.69) is 34.5 Å². The van der Waals surface area contributed by atoms with Crippen LogP contribution in [-0.2, 0) is 9.53 Å². The smallest absolute Gasteiger partial charge is 0.227 e. The third-order valence-corrected chi connectivity index (χ3v) is 4.20. The largest absolute Gasteiger partial charge is 0.381 e. The molecule has 0 aliphatic carbocycles. The Labute approximate surface area is 131 Å². The Morgan fingerprint density at radius 3 is 2.50 bits per heavy atom. The zero-order valence-electron chi connectivity index (χ0n) is 13.1. The Balaban J connectivity index is 1.77. The standard InChI is InChI=1S/C18H22N2O2/c1-20(2)17-6-4-14-11-16(5-3-15(14)12-17)19-18(21)13-7-9-22-10-8-13/h3-6,11-13H,7-10H2,1-2H3,(H,19,21). The molecule has 0 spiro atoms. The third kappa shape index (κ3) is 3.22. The molecule has 1 amide bonds. The lowest BCUT2D eigenvalue weighted by Gasteiger charge is -2.21. The van der Waals surface area contributed by atoms with Crippen LogP contribution in [-0.4, -0.2) is 33.2 Å². The lowest BCUT2D eigenvalue weighted by molar-refractivity contribution is -0.122. The van der Waals surface area contributed by atoms with Gasteiger partial charge in [-0.2, -0.15) is 0 Å². The summed E-state index contributed by atoms with van der Waals surface area (Å²) in [7, 11) is 4.06. The summed E-state index contributed by atoms with van der Waals surface area (Å²) < 4.78 is 5.30. The summed E-state index contributed by atoms with van der Waals surface area (Å²) >= 11 is 0. The van der Waals surface area contributed by atoms with Crippen LogP contribution in [0.15, 0.2) is 36.4 Å². The predicted molar refractivity (Wildman–Crippen MR) is 90.4 cm³/mol. The molecule has 4 nitrogen and oxygen atoms in total. The molecule has 2 aromatic carbocycles. The molecule has 0 bridgehead atoms. The second-order valence-electron chi connectivity index (χ2n) is 6.02. The molecular weight excluding hydrogens is 276 g/mol. The normalized spacial score (nSPS) is 15.7. The highest BCUT2D eigenvalue weighted by Gasteiger charge is 2.21. The first-order valence-corrected chi connectivity index (χ1v) is 7.73. The van der Waals surface area contributed by atoms with Gasteiger partial charge < -0.3 is 15.0 Å². The minimum Gasteiger partial charge on any atom is -0.381 e. The Morgan fingerprint density at radius 2 is 1.77 bits per heavy atom. The van der Waals surface area contributed by atoms with Gasteiger partial charge in [0.2, 0.25) is 5.91 Å². The maximum Gasteiger partial charge on any atom is 0.227 e. The van der Waals surface area contributed by atoms with Crippen LogP contribution in [0.4, 0.5) is 11.4 Å². The van der Waals surface area contributed by atoms with E-state index in [4.69, 9.17) is 4.74 Å². The van der Waals surface area contributed by atoms with Gasteiger partial charge in [-0.1, -0.05) is 12.1 Å². The Kier molecular flexibility index (Phi) is 4.29. The molecule has 2 aromatic rings. The fourth-order valence-electron chi connectivity index (χ4n) is 2.79. The van der Waals surface area contributed by atoms with Crippen LogP contribution >= 0.6 is 0 Å². The number of nitrogens with zero attached hydrogens (tertiary/aromatic N) is 1. The fraction of sp³-hybridized carbons (Fsp3) is 0.389. The number of ether oxygens (including phenoxy) is 1. The molecule has 1 N–H and O–H groups in total. The zero-order valence-corrected chi connectivity index (χ0v) is 13.1. The number of amides is 1. The lowest BCUT2D eigenvalue weighted by atomic mass is 9.99. The number of rotatable bonds is 3. The minimum absolute atomic E-state index is 0.0700. The average Bonchev–Trinajstić information content (AvgIpc) is 2.55. The maximum absolute atomic E-state index is 12.3. The van der Waals surface area contributed by atoms with Crippen molar-refractivity contribution >= 4 is 28.1 Å². The summed E-state index contributed by atoms with van der Waals surface area (Å²) in [6.07, 6.45) is 1.62. The summed E-state index contributed by atoms with van der Waals surface area (Å²) in [5.41, 5.74) is 2.04. The predicted octanol–water partition coefficient (Wildman–Crippen LogP) is 3.27. The van der Waals surface area contributed by atoms with Gasteiger partial charge in [-0.15, -0.1) is 0 Å². The first-order chi connectivity index (χ1) is 10.6. The van der Waals surface area contributed by atoms with E-state index < -0.39 is 0 Å². The highest BCUT2D eigenvalue weighted by atomic mass is 16.5. The summed E-state index contributed by atoms with van der Waals surface area (Å²) in [4.78, 5) is 14.4. The van der Waals surface area contributed by atoms with Gasteiger partial charge in [-0.25, -0.2) is 0 Å². The number of hydrogen-bond acceptors (Lipinski definition) is 3. The van der Waals surface area contributed by atoms with Crippen LogP contribution in [0.25, 0.3) is 10.8 Å². The molecule has 1 fully saturated rings. The maximum atomic E-state index is 12.3. The minimum atomic E-state index is 0.0700. The molecule has 0 radical (unpaired) electrons. The van der Waals surface area contributed by atoms with E-state index in [1.54, 1.807) is 0 Å². The lowest BCUT2D eigenvalue weighted by Crippen LogP contribution is -2.28. The van der Waals surface area contributed by atoms with E-state index in [9.17, 15) is 4.79 Å². The van der Waals surface area contributed by atoms with Crippen molar-refractivity contribution < 1.29 is 9.53 Å². The highest BCUT2D eigenvalue weighted by molar-refractivity contribution is 5.96. The summed E-state index contributed by atoms with van der Waals surface area (Å²) in [5, 5.41) is 5.35. The molecule has 1 heterocycles. The third-order valence-electron chi connectivity index (χ3n) is 4.20. The Morgan fingerprint density at radius 1 is 1.09 bits per heavy atom. The van der Waals surface area contributed by atoms with Gasteiger partial charge in [-0.3, -0.25) is 4.79 Å². The van der Waals surface area contributed by atoms with Gasteiger partial charge in [0.05, 0.1) is 0 Å². The molecule has 0 unspecified atom stereocenters. The molecule has 4 heteroatoms. The second kappa shape index (κ2) is 6.36. The molecular formula is C18H22N2O2. The van der Waals surface area contributed by atoms with E-state index in [-0.39, 0.29) is 11.8 Å². The monoisotopic (exact) mass is 298 g/mol. The van der Waals surface area contributed by atoms with Crippen molar-refractivity contribution in [2.24, 2.45) is 5.92 Å². The van der Waals surface area contributed by atoms with Crippen molar-refractivity contribution in [3.8, 4) is 0 Å². The van der Waals surface area contributed by atoms with Gasteiger partial charge in [-0.05, 0) is 47.9 Å². The number of nitrogens with one attached hydrogen (secondary N) is 1. The second-order valence-corrected chi connectivity index (χ2v) is 6.02. The summed E-state index contributed by atoms with van der Waals surface area (Å²) in [6, 6.07) is 12.4. The molecule has 22 heavy (non-hydrogen) atoms. The van der Waals surface area contributed by atoms with Crippen LogP contribution in [0.5, 0.6) is 0 Å². The number of carbonyl (C=O) groups is 1. The molecule has 1 saturated heterocycles. The quantitative estimate of drug-likeness (QED) is 0.945. The highest BCUT2D eigenvalue weighted by Crippen LogP contribution is 2.25. The van der Waals surface area contributed by atoms with Crippen LogP contribution in [0.1, 0.15) is 12.8 Å². The van der Waals surface area contributed by atoms with Crippen molar-refractivity contribution in [3.63, 3.8) is 0 Å². The van der Waals surface area contributed by atoms with Crippen molar-refractivity contribution in [3.05, 3.63) is 36.4 Å². The van der Waals surface area contributed by atoms with Gasteiger partial charge in [0.25, 0.3) is 0 Å². The Hall–Kier alpha value is -2.07. The molecule has 116 valence electrons. The fourth-order valence-corrected chi connectivity index (χ4v) is 2.79. The van der Waals surface area contributed by atoms with Crippen molar-refractivity contribution in [2.75, 3.05) is 37.5 Å². The van der Waals surface area contributed by atoms with E-state index in [0.29, 0.717) is 13.2 Å². The molecule has 0 atom stereocenters. The van der Waals surface area contributed by atoms with Crippen LogP contribution in [0, 0.1) is 5.92 Å². The molecule has 3 rings (SSSR count). The van der Waals surface area contributed by atoms with Crippen molar-refractivity contribution in [1.29, 1.82) is 0 Å². The first kappa shape index (κ1) is 14.9. The number of carbonyl (C=O) groups excluding carboxylic acids is 1. The zero-order chi connectivity index (χ0) is 15.5. The first-order valence-electron chi connectivity index (χ1n) is 7.73. The SMILES string of the molecule is CN(C)c1ccc2cc(NC(=O)C3CCOCC3)ccc2c1. The number of fused-ring (bicyclic) bond motifs is 1. The van der Waals surface area contributed by atoms with Gasteiger partial charge in [0.15, 0.2) is 0 Å². The van der Waals surface area contributed by atoms with Crippen LogP contribution < -0.4 is 10.2 Å². The van der Waals surface area contributed by atoms with Crippen molar-refractivity contribution in [1.82, 2.24) is 0 Å². The number of anilines is 2. The van der Waals surface area contributed by atoms with E-state index >= 15 is 0 Å². The van der Waals surface area contributed by atoms with E-state index in [0.717, 1.165) is 23.9 Å². The summed E-state index contributed by atoms with van der Waals surface area (Å²) in [5.74, 6) is 0.174. The number of benzene rings is 2. The average molecular weight is 298 g/mol. The summed E-state index contributed by atoms with van der Waals surface area (Å²) in [6.45, 7) is 1.37. The Bertz CT molecular complexity index is 676. The van der Waals surface area contributed by atoms with E-state index in [1.807, 2.05) is 26.2 Å². The van der Waals surface area contributed by atoms with Gasteiger partial charge in [0.1, 0.15) is 0 Å². The molecule has 0 aromatic heterocycles. The number of hydrogen-bond donors (Lipinski definition) is 1. The van der Waals surface area contributed by atoms with Crippen LogP contribution in [0.3, 0.4) is 0 Å². The van der Waals surface area contributed by atoms with E-state index in [1.165, 1.54) is 11.1 Å². The topological polar surface area (TPSA) is 41.6 Å². The van der Waals surface area contributed by atoms with Crippen molar-refractivity contribution in [2.45, 2.75) is 12.8 Å². The van der Waals surface area contributed by atoms with Crippen LogP contribution in [0.2, 0.25) is 0 Å². The van der Waals surface area contributed by atoms with Gasteiger partial charge in [0, 0.05) is 44.6 Å². The molecule has 1 aliphatic rings. The molecule has 1 aliphatic heterocycles. The molecule has 0 saturated carbocycles. The van der Waals surface area contributed by atoms with Gasteiger partial charge >= 0.3 is 0 Å².